The van der Waals surface area contributed by atoms with Crippen molar-refractivity contribution in [3.8, 4) is 0 Å². The number of carboxylic acid groups (broad SMARTS) is 1. The number of likely N-dealkylation sites (tertiary alicyclic amines) is 1. The molecule has 1 heterocycles. The number of hydrogen-bond donors (Lipinski definition) is 2. The van der Waals surface area contributed by atoms with Crippen LogP contribution in [0, 0.1) is 0 Å². The summed E-state index contributed by atoms with van der Waals surface area (Å²) in [4.78, 5) is 11.1. The van der Waals surface area contributed by atoms with Gasteiger partial charge >= 0.3 is 6.09 Å². The molecule has 1 aliphatic heterocycles. The topological polar surface area (TPSA) is 66.6 Å². The van der Waals surface area contributed by atoms with Gasteiger partial charge in [0.05, 0.1) is 12.6 Å². The number of hydrogen-bond acceptors (Lipinski definition) is 2. The van der Waals surface area contributed by atoms with Crippen LogP contribution in [-0.4, -0.2) is 41.2 Å². The molecule has 1 unspecified atom stereocenters. The normalized spacial score (nSPS) is 27.6. The molecule has 0 aliphatic carbocycles. The van der Waals surface area contributed by atoms with Crippen molar-refractivity contribution in [3.05, 3.63) is 0 Å². The van der Waals surface area contributed by atoms with Gasteiger partial charge in [-0.25, -0.2) is 13.6 Å². The molecule has 0 aromatic rings. The molecular weight excluding hydrogens is 170 g/mol. The average Bonchev–Trinajstić information content (AvgIpc) is 2.25. The second-order valence-electron chi connectivity index (χ2n) is 2.86. The first-order chi connectivity index (χ1) is 5.46. The highest BCUT2D eigenvalue weighted by Crippen LogP contribution is 2.31. The van der Waals surface area contributed by atoms with Gasteiger partial charge in [0, 0.05) is 13.0 Å². The van der Waals surface area contributed by atoms with Gasteiger partial charge in [-0.1, -0.05) is 0 Å². The number of halogens is 2. The number of amides is 1. The van der Waals surface area contributed by atoms with Crippen LogP contribution in [0.5, 0.6) is 0 Å². The Labute approximate surface area is 67.9 Å². The van der Waals surface area contributed by atoms with Crippen LogP contribution in [-0.2, 0) is 0 Å². The third kappa shape index (κ3) is 1.63. The predicted molar refractivity (Wildman–Crippen MR) is 37.1 cm³/mol. The molecule has 4 nitrogen and oxygen atoms in total. The van der Waals surface area contributed by atoms with Crippen LogP contribution >= 0.6 is 0 Å². The zero-order valence-electron chi connectivity index (χ0n) is 6.33. The van der Waals surface area contributed by atoms with Gasteiger partial charge in [-0.2, -0.15) is 0 Å². The molecule has 0 aromatic carbocycles. The molecule has 3 N–H and O–H groups in total. The van der Waals surface area contributed by atoms with E-state index in [9.17, 15) is 13.6 Å². The predicted octanol–water partition coefficient (Wildman–Crippen LogP) is 0.333. The fourth-order valence-corrected chi connectivity index (χ4v) is 1.33. The summed E-state index contributed by atoms with van der Waals surface area (Å²) in [6, 6.07) is -0.738. The maximum atomic E-state index is 12.6. The van der Waals surface area contributed by atoms with Crippen molar-refractivity contribution in [1.29, 1.82) is 0 Å². The molecule has 1 fully saturated rings. The summed E-state index contributed by atoms with van der Waals surface area (Å²) >= 11 is 0. The standard InChI is InChI=1S/C6H10F2N2O2/c7-6(8)1-4(2-9)10(3-6)5(11)12/h4H,1-3,9H2,(H,11,12). The largest absolute Gasteiger partial charge is 0.465 e. The zero-order chi connectivity index (χ0) is 9.35. The van der Waals surface area contributed by atoms with Crippen molar-refractivity contribution >= 4 is 6.09 Å². The molecule has 70 valence electrons. The summed E-state index contributed by atoms with van der Waals surface area (Å²) in [6.07, 6.45) is -1.79. The summed E-state index contributed by atoms with van der Waals surface area (Å²) in [6.45, 7) is -0.786. The van der Waals surface area contributed by atoms with Crippen molar-refractivity contribution in [3.63, 3.8) is 0 Å². The van der Waals surface area contributed by atoms with Gasteiger partial charge in [-0.3, -0.25) is 4.90 Å². The van der Waals surface area contributed by atoms with Crippen LogP contribution in [0.15, 0.2) is 0 Å². The maximum Gasteiger partial charge on any atom is 0.407 e. The average molecular weight is 180 g/mol. The number of carbonyl (C=O) groups is 1. The van der Waals surface area contributed by atoms with Gasteiger partial charge in [0.2, 0.25) is 0 Å². The molecule has 0 bridgehead atoms. The highest BCUT2D eigenvalue weighted by Gasteiger charge is 2.46. The van der Waals surface area contributed by atoms with E-state index < -0.39 is 31.0 Å². The Morgan fingerprint density at radius 3 is 2.67 bits per heavy atom. The summed E-state index contributed by atoms with van der Waals surface area (Å²) < 4.78 is 25.3. The van der Waals surface area contributed by atoms with Crippen molar-refractivity contribution in [1.82, 2.24) is 4.90 Å². The summed E-state index contributed by atoms with van der Waals surface area (Å²) in [5.41, 5.74) is 5.14. The number of alkyl halides is 2. The Morgan fingerprint density at radius 1 is 1.75 bits per heavy atom. The van der Waals surface area contributed by atoms with Crippen LogP contribution in [0.2, 0.25) is 0 Å². The lowest BCUT2D eigenvalue weighted by molar-refractivity contribution is 0.0126. The lowest BCUT2D eigenvalue weighted by atomic mass is 10.2. The summed E-state index contributed by atoms with van der Waals surface area (Å²) in [5.74, 6) is -2.91. The lowest BCUT2D eigenvalue weighted by Gasteiger charge is -2.17. The van der Waals surface area contributed by atoms with E-state index in [4.69, 9.17) is 10.8 Å². The molecule has 0 spiro atoms. The Bertz CT molecular complexity index is 198. The monoisotopic (exact) mass is 180 g/mol. The highest BCUT2D eigenvalue weighted by atomic mass is 19.3. The van der Waals surface area contributed by atoms with Crippen LogP contribution in [0.3, 0.4) is 0 Å². The first-order valence-electron chi connectivity index (χ1n) is 3.54. The van der Waals surface area contributed by atoms with E-state index in [1.54, 1.807) is 0 Å². The van der Waals surface area contributed by atoms with E-state index in [1.807, 2.05) is 0 Å². The second kappa shape index (κ2) is 2.85. The molecular formula is C6H10F2N2O2. The third-order valence-electron chi connectivity index (χ3n) is 1.89. The Hall–Kier alpha value is -0.910. The molecule has 6 heteroatoms. The van der Waals surface area contributed by atoms with Gasteiger partial charge in [-0.15, -0.1) is 0 Å². The number of rotatable bonds is 1. The summed E-state index contributed by atoms with van der Waals surface area (Å²) in [5, 5.41) is 8.48. The molecule has 1 aliphatic rings. The van der Waals surface area contributed by atoms with Crippen LogP contribution < -0.4 is 5.73 Å². The quantitative estimate of drug-likeness (QED) is 0.611. The fraction of sp³-hybridized carbons (Fsp3) is 0.833. The molecule has 0 saturated carbocycles. The van der Waals surface area contributed by atoms with E-state index in [0.29, 0.717) is 4.90 Å². The molecule has 1 rings (SSSR count). The summed E-state index contributed by atoms with van der Waals surface area (Å²) in [7, 11) is 0. The molecule has 0 aromatic heterocycles. The number of nitrogens with two attached hydrogens (primary N) is 1. The zero-order valence-corrected chi connectivity index (χ0v) is 6.33. The van der Waals surface area contributed by atoms with Gasteiger partial charge in [-0.05, 0) is 0 Å². The fourth-order valence-electron chi connectivity index (χ4n) is 1.33. The minimum Gasteiger partial charge on any atom is -0.465 e. The molecule has 1 amide bonds. The smallest absolute Gasteiger partial charge is 0.407 e. The van der Waals surface area contributed by atoms with Crippen LogP contribution in [0.1, 0.15) is 6.42 Å². The molecule has 1 atom stereocenters. The van der Waals surface area contributed by atoms with Crippen molar-refractivity contribution in [2.24, 2.45) is 5.73 Å². The number of nitrogens with zero attached hydrogens (tertiary/aromatic N) is 1. The van der Waals surface area contributed by atoms with E-state index in [2.05, 4.69) is 0 Å². The minimum atomic E-state index is -2.91. The van der Waals surface area contributed by atoms with Gasteiger partial charge in [0.25, 0.3) is 5.92 Å². The van der Waals surface area contributed by atoms with Crippen LogP contribution in [0.25, 0.3) is 0 Å². The first-order valence-corrected chi connectivity index (χ1v) is 3.54. The molecule has 12 heavy (non-hydrogen) atoms. The lowest BCUT2D eigenvalue weighted by Crippen LogP contribution is -2.39. The molecule has 1 saturated heterocycles. The van der Waals surface area contributed by atoms with E-state index in [-0.39, 0.29) is 6.54 Å². The second-order valence-corrected chi connectivity index (χ2v) is 2.86. The minimum absolute atomic E-state index is 0.0537. The molecule has 0 radical (unpaired) electrons. The van der Waals surface area contributed by atoms with Gasteiger partial charge < -0.3 is 10.8 Å². The van der Waals surface area contributed by atoms with Crippen LogP contribution in [0.4, 0.5) is 13.6 Å². The van der Waals surface area contributed by atoms with E-state index >= 15 is 0 Å². The van der Waals surface area contributed by atoms with Gasteiger partial charge in [0.1, 0.15) is 0 Å². The highest BCUT2D eigenvalue weighted by molar-refractivity contribution is 5.66. The Morgan fingerprint density at radius 2 is 2.33 bits per heavy atom. The van der Waals surface area contributed by atoms with Crippen molar-refractivity contribution in [2.75, 3.05) is 13.1 Å². The van der Waals surface area contributed by atoms with Gasteiger partial charge in [0.15, 0.2) is 0 Å². The van der Waals surface area contributed by atoms with Crippen molar-refractivity contribution in [2.45, 2.75) is 18.4 Å². The first kappa shape index (κ1) is 9.18. The van der Waals surface area contributed by atoms with E-state index in [1.165, 1.54) is 0 Å². The third-order valence-corrected chi connectivity index (χ3v) is 1.89. The SMILES string of the molecule is NCC1CC(F)(F)CN1C(=O)O. The van der Waals surface area contributed by atoms with Crippen molar-refractivity contribution < 1.29 is 18.7 Å². The van der Waals surface area contributed by atoms with E-state index in [0.717, 1.165) is 0 Å². The Balaban J connectivity index is 2.69. The Kier molecular flexibility index (Phi) is 2.18. The maximum absolute atomic E-state index is 12.6.